The molecule has 0 bridgehead atoms. The second-order valence-corrected chi connectivity index (χ2v) is 10.1. The van der Waals surface area contributed by atoms with Gasteiger partial charge in [-0.15, -0.1) is 0 Å². The molecule has 6 aromatic rings. The molecule has 0 unspecified atom stereocenters. The highest BCUT2D eigenvalue weighted by molar-refractivity contribution is 5.99. The summed E-state index contributed by atoms with van der Waals surface area (Å²) in [6.45, 7) is 0. The molecule has 0 aliphatic heterocycles. The SMILES string of the molecule is c1ccc(-c2ccc(-c3cccc4c3-c3ccccc3C43c4ccccc4-c4ccccc43)cc2)cc1. The topological polar surface area (TPSA) is 0 Å². The van der Waals surface area contributed by atoms with Gasteiger partial charge in [-0.2, -0.15) is 0 Å². The van der Waals surface area contributed by atoms with Gasteiger partial charge in [0, 0.05) is 0 Å². The quantitative estimate of drug-likeness (QED) is 0.237. The minimum atomic E-state index is -0.293. The average Bonchev–Trinajstić information content (AvgIpc) is 3.45. The fourth-order valence-corrected chi connectivity index (χ4v) is 6.86. The highest BCUT2D eigenvalue weighted by Gasteiger charge is 2.51. The fraction of sp³-hybridized carbons (Fsp3) is 0.0270. The van der Waals surface area contributed by atoms with E-state index in [1.54, 1.807) is 0 Å². The van der Waals surface area contributed by atoms with Crippen LogP contribution in [0.5, 0.6) is 0 Å². The predicted octanol–water partition coefficient (Wildman–Crippen LogP) is 9.36. The van der Waals surface area contributed by atoms with Gasteiger partial charge in [-0.05, 0) is 66.8 Å². The van der Waals surface area contributed by atoms with E-state index in [9.17, 15) is 0 Å². The van der Waals surface area contributed by atoms with Crippen molar-refractivity contribution >= 4 is 0 Å². The number of hydrogen-bond acceptors (Lipinski definition) is 0. The molecule has 8 rings (SSSR count). The van der Waals surface area contributed by atoms with Crippen molar-refractivity contribution in [2.45, 2.75) is 5.41 Å². The number of benzene rings is 6. The highest BCUT2D eigenvalue weighted by atomic mass is 14.5. The smallest absolute Gasteiger partial charge is 0.0622 e. The maximum absolute atomic E-state index is 2.36. The molecule has 0 atom stereocenters. The number of rotatable bonds is 2. The van der Waals surface area contributed by atoms with Crippen LogP contribution in [0.2, 0.25) is 0 Å². The van der Waals surface area contributed by atoms with Gasteiger partial charge in [0.1, 0.15) is 0 Å². The Morgan fingerprint density at radius 3 is 1.35 bits per heavy atom. The van der Waals surface area contributed by atoms with E-state index in [-0.39, 0.29) is 5.41 Å². The Balaban J connectivity index is 1.41. The van der Waals surface area contributed by atoms with Crippen molar-refractivity contribution in [1.29, 1.82) is 0 Å². The second kappa shape index (κ2) is 7.66. The second-order valence-electron chi connectivity index (χ2n) is 10.1. The van der Waals surface area contributed by atoms with Crippen molar-refractivity contribution < 1.29 is 0 Å². The summed E-state index contributed by atoms with van der Waals surface area (Å²) in [7, 11) is 0. The van der Waals surface area contributed by atoms with Crippen LogP contribution in [-0.4, -0.2) is 0 Å². The largest absolute Gasteiger partial charge is 0.0725 e. The zero-order valence-electron chi connectivity index (χ0n) is 20.4. The molecule has 0 saturated carbocycles. The van der Waals surface area contributed by atoms with E-state index < -0.39 is 0 Å². The van der Waals surface area contributed by atoms with Crippen LogP contribution in [0.3, 0.4) is 0 Å². The molecule has 0 heterocycles. The fourth-order valence-electron chi connectivity index (χ4n) is 6.86. The van der Waals surface area contributed by atoms with Crippen LogP contribution in [0.15, 0.2) is 146 Å². The summed E-state index contributed by atoms with van der Waals surface area (Å²) in [5.74, 6) is 0. The van der Waals surface area contributed by atoms with E-state index in [0.29, 0.717) is 0 Å². The van der Waals surface area contributed by atoms with Crippen LogP contribution in [0.25, 0.3) is 44.5 Å². The Morgan fingerprint density at radius 2 is 0.703 bits per heavy atom. The highest BCUT2D eigenvalue weighted by Crippen LogP contribution is 2.63. The third kappa shape index (κ3) is 2.68. The summed E-state index contributed by atoms with van der Waals surface area (Å²) < 4.78 is 0. The Labute approximate surface area is 217 Å². The van der Waals surface area contributed by atoms with Crippen LogP contribution in [0.4, 0.5) is 0 Å². The van der Waals surface area contributed by atoms with Gasteiger partial charge in [-0.3, -0.25) is 0 Å². The van der Waals surface area contributed by atoms with Gasteiger partial charge in [0.15, 0.2) is 0 Å². The lowest BCUT2D eigenvalue weighted by molar-refractivity contribution is 0.794. The molecule has 0 nitrogen and oxygen atoms in total. The third-order valence-electron chi connectivity index (χ3n) is 8.32. The van der Waals surface area contributed by atoms with Crippen molar-refractivity contribution in [1.82, 2.24) is 0 Å². The first-order chi connectivity index (χ1) is 18.4. The first-order valence-corrected chi connectivity index (χ1v) is 13.0. The molecular weight excluding hydrogens is 444 g/mol. The molecule has 0 saturated heterocycles. The molecule has 0 fully saturated rings. The standard InChI is InChI=1S/C37H24/c1-2-11-25(12-3-1)26-21-23-27(24-22-26)28-16-10-20-35-36(28)31-15-6-9-19-34(31)37(35)32-17-7-4-13-29(32)30-14-5-8-18-33(30)37/h1-24H. The van der Waals surface area contributed by atoms with Crippen LogP contribution < -0.4 is 0 Å². The maximum atomic E-state index is 2.36. The minimum Gasteiger partial charge on any atom is -0.0622 e. The molecule has 0 heteroatoms. The first-order valence-electron chi connectivity index (χ1n) is 13.0. The molecule has 1 spiro atoms. The predicted molar refractivity (Wildman–Crippen MR) is 154 cm³/mol. The minimum absolute atomic E-state index is 0.293. The lowest BCUT2D eigenvalue weighted by atomic mass is 9.70. The van der Waals surface area contributed by atoms with E-state index in [2.05, 4.69) is 146 Å². The van der Waals surface area contributed by atoms with E-state index >= 15 is 0 Å². The van der Waals surface area contributed by atoms with Gasteiger partial charge in [0.2, 0.25) is 0 Å². The third-order valence-corrected chi connectivity index (χ3v) is 8.32. The van der Waals surface area contributed by atoms with Crippen LogP contribution in [0.1, 0.15) is 22.3 Å². The molecule has 172 valence electrons. The van der Waals surface area contributed by atoms with Gasteiger partial charge >= 0.3 is 0 Å². The van der Waals surface area contributed by atoms with Gasteiger partial charge in [-0.1, -0.05) is 146 Å². The van der Waals surface area contributed by atoms with Crippen molar-refractivity contribution in [2.24, 2.45) is 0 Å². The lowest BCUT2D eigenvalue weighted by Crippen LogP contribution is -2.25. The molecule has 0 radical (unpaired) electrons. The average molecular weight is 469 g/mol. The Morgan fingerprint density at radius 1 is 0.270 bits per heavy atom. The first kappa shape index (κ1) is 20.5. The Hall–Kier alpha value is -4.68. The van der Waals surface area contributed by atoms with Crippen molar-refractivity contribution in [3.8, 4) is 44.5 Å². The van der Waals surface area contributed by atoms with Crippen LogP contribution in [0, 0.1) is 0 Å². The van der Waals surface area contributed by atoms with Gasteiger partial charge < -0.3 is 0 Å². The summed E-state index contributed by atoms with van der Waals surface area (Å²) in [5.41, 5.74) is 15.7. The number of hydrogen-bond donors (Lipinski definition) is 0. The summed E-state index contributed by atoms with van der Waals surface area (Å²) in [6.07, 6.45) is 0. The molecular formula is C37H24. The Kier molecular flexibility index (Phi) is 4.24. The zero-order chi connectivity index (χ0) is 24.4. The van der Waals surface area contributed by atoms with Gasteiger partial charge in [0.05, 0.1) is 5.41 Å². The molecule has 6 aromatic carbocycles. The van der Waals surface area contributed by atoms with E-state index in [0.717, 1.165) is 0 Å². The van der Waals surface area contributed by atoms with E-state index in [4.69, 9.17) is 0 Å². The monoisotopic (exact) mass is 468 g/mol. The molecule has 2 aliphatic carbocycles. The van der Waals surface area contributed by atoms with Crippen molar-refractivity contribution in [2.75, 3.05) is 0 Å². The summed E-state index contributed by atoms with van der Waals surface area (Å²) in [5, 5.41) is 0. The van der Waals surface area contributed by atoms with E-state index in [1.165, 1.54) is 66.8 Å². The summed E-state index contributed by atoms with van der Waals surface area (Å²) in [6, 6.07) is 53.6. The van der Waals surface area contributed by atoms with Gasteiger partial charge in [0.25, 0.3) is 0 Å². The van der Waals surface area contributed by atoms with Gasteiger partial charge in [-0.25, -0.2) is 0 Å². The maximum Gasteiger partial charge on any atom is 0.0725 e. The van der Waals surface area contributed by atoms with Crippen LogP contribution >= 0.6 is 0 Å². The lowest BCUT2D eigenvalue weighted by Gasteiger charge is -2.30. The summed E-state index contributed by atoms with van der Waals surface area (Å²) in [4.78, 5) is 0. The number of fused-ring (bicyclic) bond motifs is 10. The molecule has 2 aliphatic rings. The normalized spacial score (nSPS) is 13.6. The molecule has 37 heavy (non-hydrogen) atoms. The van der Waals surface area contributed by atoms with Crippen LogP contribution in [-0.2, 0) is 5.41 Å². The molecule has 0 aromatic heterocycles. The summed E-state index contributed by atoms with van der Waals surface area (Å²) >= 11 is 0. The van der Waals surface area contributed by atoms with Crippen molar-refractivity contribution in [3.63, 3.8) is 0 Å². The Bertz CT molecular complexity index is 1760. The van der Waals surface area contributed by atoms with Crippen molar-refractivity contribution in [3.05, 3.63) is 168 Å². The van der Waals surface area contributed by atoms with E-state index in [1.807, 2.05) is 0 Å². The molecule has 0 N–H and O–H groups in total. The zero-order valence-corrected chi connectivity index (χ0v) is 20.4. The molecule has 0 amide bonds.